The zero-order valence-electron chi connectivity index (χ0n) is 13.2. The van der Waals surface area contributed by atoms with Gasteiger partial charge in [-0.2, -0.15) is 0 Å². The van der Waals surface area contributed by atoms with Crippen LogP contribution in [0.5, 0.6) is 5.75 Å². The van der Waals surface area contributed by atoms with Gasteiger partial charge in [-0.3, -0.25) is 5.32 Å². The molecule has 24 heavy (non-hydrogen) atoms. The number of carbonyl (C=O) groups excluding carboxylic acids is 1. The molecule has 4 rings (SSSR count). The van der Waals surface area contributed by atoms with Crippen LogP contribution in [0.3, 0.4) is 0 Å². The van der Waals surface area contributed by atoms with Crippen molar-refractivity contribution in [3.8, 4) is 5.75 Å². The fourth-order valence-corrected chi connectivity index (χ4v) is 2.99. The number of nitrogens with two attached hydrogens (primary N) is 1. The van der Waals surface area contributed by atoms with Crippen molar-refractivity contribution in [3.63, 3.8) is 0 Å². The van der Waals surface area contributed by atoms with Gasteiger partial charge < -0.3 is 20.5 Å². The van der Waals surface area contributed by atoms with Crippen LogP contribution in [0.4, 0.5) is 10.6 Å². The third kappa shape index (κ3) is 2.43. The maximum atomic E-state index is 11.3. The van der Waals surface area contributed by atoms with Crippen LogP contribution in [-0.2, 0) is 11.3 Å². The lowest BCUT2D eigenvalue weighted by Crippen LogP contribution is -2.34. The highest BCUT2D eigenvalue weighted by Gasteiger charge is 2.57. The van der Waals surface area contributed by atoms with Crippen molar-refractivity contribution < 1.29 is 14.3 Å². The molecule has 1 aromatic heterocycles. The summed E-state index contributed by atoms with van der Waals surface area (Å²) in [5.74, 6) is 2.88. The molecule has 3 heterocycles. The molecule has 7 nitrogen and oxygen atoms in total. The van der Waals surface area contributed by atoms with Gasteiger partial charge in [-0.25, -0.2) is 9.78 Å². The minimum atomic E-state index is -0.266. The standard InChI is InChI=1S/C17H18N4O3/c1-8(3-4-11-9(2)13-14(18)15(13)24-11)23-12-5-6-19-16-10(12)7-20-17(22)21-16/h3-6,13-15H,2,7,18H2,1H3,(H2,19,20,21,22)/b8-3+,11-4+/t13-,14-,15-/m0/s1. The first-order valence-corrected chi connectivity index (χ1v) is 7.75. The van der Waals surface area contributed by atoms with E-state index in [9.17, 15) is 4.79 Å². The number of ether oxygens (including phenoxy) is 2. The third-order valence-electron chi connectivity index (χ3n) is 4.40. The number of pyridine rings is 1. The number of rotatable bonds is 3. The van der Waals surface area contributed by atoms with E-state index in [1.807, 2.05) is 19.1 Å². The smallest absolute Gasteiger partial charge is 0.320 e. The number of nitrogens with one attached hydrogen (secondary N) is 2. The zero-order valence-corrected chi connectivity index (χ0v) is 13.2. The molecule has 2 fully saturated rings. The van der Waals surface area contributed by atoms with E-state index in [1.165, 1.54) is 0 Å². The van der Waals surface area contributed by atoms with E-state index in [2.05, 4.69) is 22.2 Å². The van der Waals surface area contributed by atoms with Crippen LogP contribution < -0.4 is 21.1 Å². The Morgan fingerprint density at radius 1 is 1.58 bits per heavy atom. The Bertz CT molecular complexity index is 799. The number of anilines is 1. The van der Waals surface area contributed by atoms with Crippen LogP contribution in [-0.4, -0.2) is 23.2 Å². The van der Waals surface area contributed by atoms with Gasteiger partial charge in [0.2, 0.25) is 0 Å². The van der Waals surface area contributed by atoms with Gasteiger partial charge in [0.05, 0.1) is 18.2 Å². The molecule has 2 amide bonds. The van der Waals surface area contributed by atoms with Crippen LogP contribution in [0, 0.1) is 5.92 Å². The van der Waals surface area contributed by atoms with Gasteiger partial charge in [-0.15, -0.1) is 0 Å². The highest BCUT2D eigenvalue weighted by molar-refractivity contribution is 5.91. The number of allylic oxidation sites excluding steroid dienone is 4. The van der Waals surface area contributed by atoms with Gasteiger partial charge in [0.25, 0.3) is 0 Å². The third-order valence-corrected chi connectivity index (χ3v) is 4.40. The molecule has 3 atom stereocenters. The number of hydrogen-bond donors (Lipinski definition) is 3. The summed E-state index contributed by atoms with van der Waals surface area (Å²) in [4.78, 5) is 15.5. The summed E-state index contributed by atoms with van der Waals surface area (Å²) in [6.07, 6.45) is 5.37. The number of carbonyl (C=O) groups is 1. The summed E-state index contributed by atoms with van der Waals surface area (Å²) in [6.45, 7) is 6.26. The first-order chi connectivity index (χ1) is 11.5. The van der Waals surface area contributed by atoms with Crippen molar-refractivity contribution in [1.29, 1.82) is 0 Å². The molecule has 1 aliphatic carbocycles. The Labute approximate surface area is 139 Å². The highest BCUT2D eigenvalue weighted by Crippen LogP contribution is 2.49. The summed E-state index contributed by atoms with van der Waals surface area (Å²) in [5.41, 5.74) is 7.62. The first-order valence-electron chi connectivity index (χ1n) is 7.75. The summed E-state index contributed by atoms with van der Waals surface area (Å²) in [6, 6.07) is 1.58. The second kappa shape index (κ2) is 5.38. The molecule has 0 spiro atoms. The SMILES string of the molecule is C=C1/C(=C\C=C(/C)Oc2ccnc3c2CNC(=O)N3)O[C@@H]2[C@@H](N)[C@H]12. The molecule has 1 saturated carbocycles. The minimum absolute atomic E-state index is 0.0836. The van der Waals surface area contributed by atoms with E-state index in [-0.39, 0.29) is 24.1 Å². The quantitative estimate of drug-likeness (QED) is 0.736. The van der Waals surface area contributed by atoms with Crippen LogP contribution >= 0.6 is 0 Å². The van der Waals surface area contributed by atoms with Crippen LogP contribution in [0.2, 0.25) is 0 Å². The maximum Gasteiger partial charge on any atom is 0.320 e. The van der Waals surface area contributed by atoms with E-state index in [1.54, 1.807) is 12.3 Å². The molecular formula is C17H18N4O3. The van der Waals surface area contributed by atoms with E-state index in [4.69, 9.17) is 15.2 Å². The molecule has 1 aromatic rings. The number of amides is 2. The number of fused-ring (bicyclic) bond motifs is 2. The Hall–Kier alpha value is -2.80. The summed E-state index contributed by atoms with van der Waals surface area (Å²) in [5, 5.41) is 5.36. The number of hydrogen-bond acceptors (Lipinski definition) is 5. The van der Waals surface area contributed by atoms with Gasteiger partial charge in [0, 0.05) is 12.1 Å². The number of nitrogens with zero attached hydrogens (tertiary/aromatic N) is 1. The summed E-state index contributed by atoms with van der Waals surface area (Å²) >= 11 is 0. The second-order valence-electron chi connectivity index (χ2n) is 6.07. The van der Waals surface area contributed by atoms with Crippen molar-refractivity contribution in [1.82, 2.24) is 10.3 Å². The van der Waals surface area contributed by atoms with Gasteiger partial charge in [-0.1, -0.05) is 6.58 Å². The fraction of sp³-hybridized carbons (Fsp3) is 0.294. The van der Waals surface area contributed by atoms with Crippen molar-refractivity contribution in [2.24, 2.45) is 11.7 Å². The predicted molar refractivity (Wildman–Crippen MR) is 88.0 cm³/mol. The topological polar surface area (TPSA) is 98.5 Å². The van der Waals surface area contributed by atoms with Crippen LogP contribution in [0.15, 0.2) is 48.1 Å². The molecular weight excluding hydrogens is 308 g/mol. The molecule has 0 radical (unpaired) electrons. The van der Waals surface area contributed by atoms with E-state index < -0.39 is 0 Å². The van der Waals surface area contributed by atoms with E-state index in [0.29, 0.717) is 23.9 Å². The summed E-state index contributed by atoms with van der Waals surface area (Å²) < 4.78 is 11.6. The summed E-state index contributed by atoms with van der Waals surface area (Å²) in [7, 11) is 0. The van der Waals surface area contributed by atoms with Crippen molar-refractivity contribution >= 4 is 11.8 Å². The predicted octanol–water partition coefficient (Wildman–Crippen LogP) is 1.80. The molecule has 7 heteroatoms. The van der Waals surface area contributed by atoms with Gasteiger partial charge in [0.1, 0.15) is 29.2 Å². The molecule has 4 N–H and O–H groups in total. The first kappa shape index (κ1) is 14.8. The Morgan fingerprint density at radius 3 is 3.17 bits per heavy atom. The Kier molecular flexibility index (Phi) is 3.31. The second-order valence-corrected chi connectivity index (χ2v) is 6.07. The molecule has 124 valence electrons. The fourth-order valence-electron chi connectivity index (χ4n) is 2.99. The molecule has 0 unspecified atom stereocenters. The van der Waals surface area contributed by atoms with Gasteiger partial charge in [-0.05, 0) is 30.7 Å². The largest absolute Gasteiger partial charge is 0.488 e. The zero-order chi connectivity index (χ0) is 16.8. The Balaban J connectivity index is 1.49. The lowest BCUT2D eigenvalue weighted by molar-refractivity contribution is 0.219. The van der Waals surface area contributed by atoms with Crippen LogP contribution in [0.25, 0.3) is 0 Å². The number of aromatic nitrogens is 1. The molecule has 1 saturated heterocycles. The minimum Gasteiger partial charge on any atom is -0.488 e. The number of urea groups is 1. The normalized spacial score (nSPS) is 29.3. The lowest BCUT2D eigenvalue weighted by atomic mass is 10.1. The Morgan fingerprint density at radius 2 is 2.42 bits per heavy atom. The van der Waals surface area contributed by atoms with Crippen molar-refractivity contribution in [2.75, 3.05) is 5.32 Å². The molecule has 0 aromatic carbocycles. The highest BCUT2D eigenvalue weighted by atomic mass is 16.5. The molecule has 2 aliphatic heterocycles. The maximum absolute atomic E-state index is 11.3. The van der Waals surface area contributed by atoms with Gasteiger partial charge >= 0.3 is 6.03 Å². The molecule has 0 bridgehead atoms. The average Bonchev–Trinajstić information content (AvgIpc) is 3.05. The van der Waals surface area contributed by atoms with Gasteiger partial charge in [0.15, 0.2) is 0 Å². The average molecular weight is 326 g/mol. The van der Waals surface area contributed by atoms with E-state index >= 15 is 0 Å². The molecule has 3 aliphatic rings. The van der Waals surface area contributed by atoms with Crippen molar-refractivity contribution in [2.45, 2.75) is 25.6 Å². The van der Waals surface area contributed by atoms with Crippen molar-refractivity contribution in [3.05, 3.63) is 53.6 Å². The van der Waals surface area contributed by atoms with E-state index in [0.717, 1.165) is 16.9 Å². The monoisotopic (exact) mass is 326 g/mol. The van der Waals surface area contributed by atoms with Crippen LogP contribution in [0.1, 0.15) is 12.5 Å². The lowest BCUT2D eigenvalue weighted by Gasteiger charge is -2.20.